The van der Waals surface area contributed by atoms with Crippen molar-refractivity contribution in [1.82, 2.24) is 20.3 Å². The largest absolute Gasteiger partial charge is 0.395 e. The molecular formula is C46H52FN7O4Si. The minimum atomic E-state index is -3.39. The van der Waals surface area contributed by atoms with Gasteiger partial charge in [0.15, 0.2) is 5.60 Å². The van der Waals surface area contributed by atoms with Crippen LogP contribution in [0.25, 0.3) is 0 Å². The van der Waals surface area contributed by atoms with Gasteiger partial charge in [0.05, 0.1) is 43.2 Å². The van der Waals surface area contributed by atoms with Crippen molar-refractivity contribution in [2.24, 2.45) is 5.92 Å². The van der Waals surface area contributed by atoms with E-state index in [1.807, 2.05) is 115 Å². The Morgan fingerprint density at radius 1 is 0.915 bits per heavy atom. The number of ether oxygens (including phenoxy) is 1. The SMILES string of the molecule is C[C@@H]1[C@@H]([Si](C)(C)F)[C@H](CCn2cc(C(CO)c3ccccc3)nn2)O[C@@]12C(=O)N(Cc1cccc(N3CN(c4ccccc4)C4(CCNCC4)C3=O)c1)c1ccccc12. The van der Waals surface area contributed by atoms with Gasteiger partial charge in [-0.15, -0.1) is 5.10 Å². The van der Waals surface area contributed by atoms with Crippen LogP contribution in [0.15, 0.2) is 115 Å². The van der Waals surface area contributed by atoms with E-state index in [9.17, 15) is 9.90 Å². The van der Waals surface area contributed by atoms with Gasteiger partial charge < -0.3 is 29.1 Å². The molecule has 2 N–H and O–H groups in total. The Hall–Kier alpha value is -5.21. The van der Waals surface area contributed by atoms with Crippen LogP contribution in [0.1, 0.15) is 54.5 Å². The standard InChI is InChI=1S/C46H52FN7O4Si/c1-32-42(59(2,3)47)41(21-26-51-29-39(49-50-51)37(30-55)34-14-6-4-7-15-34)58-46(32)38-19-10-11-20-40(38)52(44(46)57)28-33-13-12-18-36(27-33)53-31-54(35-16-8-5-9-17-35)45(43(53)56)22-24-48-25-23-45/h4-20,27,29,32,37,41-42,48,55H,21-26,28,30-31H2,1-3H3/t32-,37?,41+,42-,46+/m1/s1. The highest BCUT2D eigenvalue weighted by Gasteiger charge is 2.66. The summed E-state index contributed by atoms with van der Waals surface area (Å²) in [6.45, 7) is 7.95. The average molecular weight is 814 g/mol. The maximum absolute atomic E-state index is 16.6. The molecular weight excluding hydrogens is 762 g/mol. The van der Waals surface area contributed by atoms with Gasteiger partial charge in [-0.2, -0.15) is 0 Å². The third-order valence-electron chi connectivity index (χ3n) is 13.3. The van der Waals surface area contributed by atoms with E-state index in [4.69, 9.17) is 4.74 Å². The van der Waals surface area contributed by atoms with Gasteiger partial charge in [0.1, 0.15) is 5.54 Å². The lowest BCUT2D eigenvalue weighted by Gasteiger charge is -2.39. The second-order valence-corrected chi connectivity index (χ2v) is 20.9. The van der Waals surface area contributed by atoms with E-state index < -0.39 is 37.1 Å². The van der Waals surface area contributed by atoms with E-state index in [1.54, 1.807) is 22.7 Å². The number of amides is 2. The Labute approximate surface area is 346 Å². The third-order valence-corrected chi connectivity index (χ3v) is 15.8. The van der Waals surface area contributed by atoms with E-state index in [0.29, 0.717) is 25.3 Å². The summed E-state index contributed by atoms with van der Waals surface area (Å²) in [6.07, 6.45) is 3.17. The molecule has 4 aliphatic rings. The fourth-order valence-corrected chi connectivity index (χ4v) is 13.0. The van der Waals surface area contributed by atoms with E-state index in [0.717, 1.165) is 59.7 Å². The molecule has 306 valence electrons. The Kier molecular flexibility index (Phi) is 10.3. The molecule has 2 spiro atoms. The lowest BCUT2D eigenvalue weighted by Crippen LogP contribution is -2.55. The second-order valence-electron chi connectivity index (χ2n) is 17.1. The van der Waals surface area contributed by atoms with Crippen molar-refractivity contribution in [3.8, 4) is 0 Å². The van der Waals surface area contributed by atoms with Crippen LogP contribution in [0.5, 0.6) is 0 Å². The quantitative estimate of drug-likeness (QED) is 0.111. The fraction of sp³-hybridized carbons (Fsp3) is 0.391. The molecule has 59 heavy (non-hydrogen) atoms. The first kappa shape index (κ1) is 39.3. The van der Waals surface area contributed by atoms with Crippen LogP contribution in [-0.4, -0.2) is 78.3 Å². The van der Waals surface area contributed by atoms with Crippen molar-refractivity contribution in [2.75, 3.05) is 41.1 Å². The number of aromatic nitrogens is 3. The summed E-state index contributed by atoms with van der Waals surface area (Å²) in [7, 11) is -3.39. The number of nitrogens with one attached hydrogen (secondary N) is 1. The summed E-state index contributed by atoms with van der Waals surface area (Å²) in [5, 5.41) is 22.4. The van der Waals surface area contributed by atoms with E-state index in [-0.39, 0.29) is 30.9 Å². The number of aryl methyl sites for hydroxylation is 1. The van der Waals surface area contributed by atoms with Crippen molar-refractivity contribution in [2.45, 2.75) is 81.1 Å². The Balaban J connectivity index is 0.977. The van der Waals surface area contributed by atoms with Crippen LogP contribution in [0.4, 0.5) is 21.2 Å². The molecule has 9 rings (SSSR count). The van der Waals surface area contributed by atoms with Gasteiger partial charge in [-0.25, -0.2) is 0 Å². The molecule has 0 aliphatic carbocycles. The molecule has 1 unspecified atom stereocenters. The molecule has 1 aromatic heterocycles. The summed E-state index contributed by atoms with van der Waals surface area (Å²) in [6, 6.07) is 35.6. The highest BCUT2D eigenvalue weighted by molar-refractivity contribution is 6.72. The lowest BCUT2D eigenvalue weighted by atomic mass is 9.82. The number of halogens is 1. The summed E-state index contributed by atoms with van der Waals surface area (Å²) in [4.78, 5) is 35.5. The minimum Gasteiger partial charge on any atom is -0.395 e. The fourth-order valence-electron chi connectivity index (χ4n) is 10.5. The molecule has 2 amide bonds. The number of anilines is 3. The molecule has 4 aromatic carbocycles. The van der Waals surface area contributed by atoms with Crippen LogP contribution in [0.3, 0.4) is 0 Å². The normalized spacial score (nSPS) is 24.4. The number of nitrogens with zero attached hydrogens (tertiary/aromatic N) is 6. The molecule has 4 aliphatic heterocycles. The smallest absolute Gasteiger partial charge is 0.264 e. The molecule has 0 radical (unpaired) electrons. The first-order chi connectivity index (χ1) is 28.5. The monoisotopic (exact) mass is 813 g/mol. The van der Waals surface area contributed by atoms with Crippen molar-refractivity contribution < 1.29 is 23.5 Å². The van der Waals surface area contributed by atoms with Crippen molar-refractivity contribution in [3.05, 3.63) is 138 Å². The summed E-state index contributed by atoms with van der Waals surface area (Å²) >= 11 is 0. The van der Waals surface area contributed by atoms with Crippen LogP contribution in [0.2, 0.25) is 18.6 Å². The zero-order valence-electron chi connectivity index (χ0n) is 33.9. The summed E-state index contributed by atoms with van der Waals surface area (Å²) < 4.78 is 25.3. The van der Waals surface area contributed by atoms with E-state index in [2.05, 4.69) is 32.7 Å². The number of aliphatic hydroxyl groups is 1. The predicted octanol–water partition coefficient (Wildman–Crippen LogP) is 6.75. The van der Waals surface area contributed by atoms with Crippen LogP contribution < -0.4 is 20.0 Å². The topological polar surface area (TPSA) is 116 Å². The number of carbonyl (C=O) groups excluding carboxylic acids is 2. The van der Waals surface area contributed by atoms with Gasteiger partial charge in [0.25, 0.3) is 11.8 Å². The van der Waals surface area contributed by atoms with Gasteiger partial charge in [-0.05, 0) is 86.9 Å². The highest BCUT2D eigenvalue weighted by atomic mass is 28.4. The Bertz CT molecular complexity index is 2320. The number of rotatable bonds is 11. The lowest BCUT2D eigenvalue weighted by molar-refractivity contribution is -0.146. The number of carbonyl (C=O) groups is 2. The summed E-state index contributed by atoms with van der Waals surface area (Å²) in [5.41, 5.74) is 3.37. The zero-order valence-corrected chi connectivity index (χ0v) is 34.9. The van der Waals surface area contributed by atoms with Gasteiger partial charge in [0, 0.05) is 41.1 Å². The maximum atomic E-state index is 16.6. The van der Waals surface area contributed by atoms with Crippen LogP contribution >= 0.6 is 0 Å². The molecule has 3 fully saturated rings. The number of aliphatic hydroxyl groups excluding tert-OH is 1. The first-order valence-electron chi connectivity index (χ1n) is 20.8. The average Bonchev–Trinajstić information content (AvgIpc) is 3.98. The number of piperidine rings is 1. The Morgan fingerprint density at radius 2 is 1.61 bits per heavy atom. The van der Waals surface area contributed by atoms with Gasteiger partial charge in [-0.1, -0.05) is 91.0 Å². The van der Waals surface area contributed by atoms with E-state index in [1.165, 1.54) is 0 Å². The Morgan fingerprint density at radius 3 is 2.34 bits per heavy atom. The van der Waals surface area contributed by atoms with E-state index >= 15 is 8.90 Å². The summed E-state index contributed by atoms with van der Waals surface area (Å²) in [5.74, 6) is -0.845. The molecule has 5 atom stereocenters. The number of benzene rings is 4. The minimum absolute atomic E-state index is 0.0938. The van der Waals surface area contributed by atoms with Crippen molar-refractivity contribution in [3.63, 3.8) is 0 Å². The number of para-hydroxylation sites is 2. The molecule has 0 saturated carbocycles. The van der Waals surface area contributed by atoms with Gasteiger partial charge in [-0.3, -0.25) is 19.2 Å². The second kappa shape index (κ2) is 15.4. The number of hydrogen-bond donors (Lipinski definition) is 2. The molecule has 11 nitrogen and oxygen atoms in total. The molecule has 3 saturated heterocycles. The zero-order chi connectivity index (χ0) is 40.9. The van der Waals surface area contributed by atoms with Gasteiger partial charge >= 0.3 is 0 Å². The molecule has 0 bridgehead atoms. The highest BCUT2D eigenvalue weighted by Crippen LogP contribution is 2.60. The van der Waals surface area contributed by atoms with Crippen molar-refractivity contribution >= 4 is 37.3 Å². The molecule has 5 heterocycles. The molecule has 13 heteroatoms. The van der Waals surface area contributed by atoms with Crippen LogP contribution in [-0.2, 0) is 33.0 Å². The van der Waals surface area contributed by atoms with Crippen molar-refractivity contribution in [1.29, 1.82) is 0 Å². The predicted molar refractivity (Wildman–Crippen MR) is 228 cm³/mol. The first-order valence-corrected chi connectivity index (χ1v) is 23.8. The third kappa shape index (κ3) is 6.68. The van der Waals surface area contributed by atoms with Gasteiger partial charge in [0.2, 0.25) is 8.41 Å². The molecule has 5 aromatic rings. The number of fused-ring (bicyclic) bond motifs is 2. The van der Waals surface area contributed by atoms with Crippen LogP contribution in [0, 0.1) is 5.92 Å². The number of hydrogen-bond acceptors (Lipinski definition) is 8. The maximum Gasteiger partial charge on any atom is 0.264 e.